The van der Waals surface area contributed by atoms with Crippen molar-refractivity contribution in [2.24, 2.45) is 0 Å². The zero-order valence-corrected chi connectivity index (χ0v) is 23.2. The number of benzene rings is 2. The molecule has 2 fully saturated rings. The highest BCUT2D eigenvalue weighted by atomic mass is 16.7. The Labute approximate surface area is 246 Å². The van der Waals surface area contributed by atoms with Crippen LogP contribution in [0.4, 0.5) is 22.0 Å². The molecule has 222 valence electrons. The first-order valence-electron chi connectivity index (χ1n) is 14.1. The Morgan fingerprint density at radius 2 is 1.88 bits per heavy atom. The lowest BCUT2D eigenvalue weighted by Gasteiger charge is -2.30. The van der Waals surface area contributed by atoms with Crippen LogP contribution in [0.2, 0.25) is 0 Å². The molecule has 43 heavy (non-hydrogen) atoms. The minimum absolute atomic E-state index is 0.0391. The second kappa shape index (κ2) is 10.9. The summed E-state index contributed by atoms with van der Waals surface area (Å²) in [4.78, 5) is 37.2. The maximum atomic E-state index is 13.3. The van der Waals surface area contributed by atoms with Crippen LogP contribution in [0.5, 0.6) is 11.5 Å². The molecule has 4 aromatic rings. The van der Waals surface area contributed by atoms with Crippen molar-refractivity contribution >= 4 is 40.2 Å². The largest absolute Gasteiger partial charge is 0.465 e. The molecule has 0 radical (unpaired) electrons. The number of ether oxygens (including phenoxy) is 3. The molecule has 2 amide bonds. The lowest BCUT2D eigenvalue weighted by Crippen LogP contribution is -2.40. The quantitative estimate of drug-likeness (QED) is 0.314. The highest BCUT2D eigenvalue weighted by Gasteiger charge is 2.31. The van der Waals surface area contributed by atoms with Crippen LogP contribution in [0.3, 0.4) is 0 Å². The molecular weight excluding hydrogens is 556 g/mol. The second-order valence-corrected chi connectivity index (χ2v) is 10.6. The standard InChI is InChI=1S/C29H30N8O6/c30-26-22-23(34-37(27(22)32-15-31-26)19-5-2-8-36(14-19)29(39)40)20-6-7-21(25-24(20)42-16-43-25)33-28(38)17-3-1-4-18(13-17)35-9-11-41-12-10-35/h1,3-4,6-7,13,15,19H,2,5,8-12,14,16H2,(H,33,38)(H,39,40)(H2,30,31,32). The Morgan fingerprint density at radius 3 is 2.72 bits per heavy atom. The van der Waals surface area contributed by atoms with Crippen molar-refractivity contribution in [2.45, 2.75) is 18.9 Å². The maximum absolute atomic E-state index is 13.3. The number of rotatable bonds is 5. The van der Waals surface area contributed by atoms with E-state index < -0.39 is 6.09 Å². The number of anilines is 3. The monoisotopic (exact) mass is 586 g/mol. The van der Waals surface area contributed by atoms with Gasteiger partial charge in [-0.25, -0.2) is 19.4 Å². The zero-order valence-electron chi connectivity index (χ0n) is 23.2. The highest BCUT2D eigenvalue weighted by Crippen LogP contribution is 2.48. The Bertz CT molecular complexity index is 1720. The number of amides is 2. The summed E-state index contributed by atoms with van der Waals surface area (Å²) in [6.07, 6.45) is 1.84. The van der Waals surface area contributed by atoms with Gasteiger partial charge in [-0.1, -0.05) is 6.07 Å². The average molecular weight is 587 g/mol. The summed E-state index contributed by atoms with van der Waals surface area (Å²) >= 11 is 0. The number of hydrogen-bond acceptors (Lipinski definition) is 10. The number of nitrogen functional groups attached to an aromatic ring is 1. The minimum atomic E-state index is -0.968. The van der Waals surface area contributed by atoms with Crippen LogP contribution in [0.15, 0.2) is 42.7 Å². The predicted molar refractivity (Wildman–Crippen MR) is 157 cm³/mol. The van der Waals surface area contributed by atoms with Crippen molar-refractivity contribution < 1.29 is 28.9 Å². The number of nitrogens with one attached hydrogen (secondary N) is 1. The smallest absolute Gasteiger partial charge is 0.407 e. The van der Waals surface area contributed by atoms with Crippen LogP contribution < -0.4 is 25.4 Å². The molecule has 1 atom stereocenters. The summed E-state index contributed by atoms with van der Waals surface area (Å²) in [5.41, 5.74) is 9.85. The van der Waals surface area contributed by atoms with Gasteiger partial charge in [0.25, 0.3) is 5.91 Å². The first-order valence-corrected chi connectivity index (χ1v) is 14.1. The summed E-state index contributed by atoms with van der Waals surface area (Å²) in [6, 6.07) is 10.8. The van der Waals surface area contributed by atoms with Gasteiger partial charge in [-0.15, -0.1) is 0 Å². The molecule has 3 aliphatic heterocycles. The molecule has 2 aromatic carbocycles. The highest BCUT2D eigenvalue weighted by molar-refractivity contribution is 6.07. The minimum Gasteiger partial charge on any atom is -0.465 e. The van der Waals surface area contributed by atoms with Gasteiger partial charge < -0.3 is 40.2 Å². The van der Waals surface area contributed by atoms with E-state index in [2.05, 4.69) is 20.2 Å². The van der Waals surface area contributed by atoms with Gasteiger partial charge in [0.1, 0.15) is 17.8 Å². The third-order valence-electron chi connectivity index (χ3n) is 8.04. The molecule has 7 rings (SSSR count). The van der Waals surface area contributed by atoms with E-state index in [1.165, 1.54) is 11.2 Å². The van der Waals surface area contributed by atoms with E-state index in [9.17, 15) is 14.7 Å². The predicted octanol–water partition coefficient (Wildman–Crippen LogP) is 3.21. The average Bonchev–Trinajstić information content (AvgIpc) is 3.69. The fourth-order valence-electron chi connectivity index (χ4n) is 5.91. The van der Waals surface area contributed by atoms with E-state index in [0.29, 0.717) is 71.2 Å². The fraction of sp³-hybridized carbons (Fsp3) is 0.345. The maximum Gasteiger partial charge on any atom is 0.407 e. The van der Waals surface area contributed by atoms with Crippen molar-refractivity contribution in [1.82, 2.24) is 24.6 Å². The molecule has 5 heterocycles. The SMILES string of the molecule is Nc1ncnc2c1c(-c1ccc(NC(=O)c3cccc(N4CCOCC4)c3)c3c1OCO3)nn2C1CCCN(C(=O)O)C1. The van der Waals surface area contributed by atoms with Gasteiger partial charge in [0.15, 0.2) is 17.1 Å². The number of likely N-dealkylation sites (tertiary alicyclic amines) is 1. The molecule has 1 unspecified atom stereocenters. The molecule has 3 aliphatic rings. The third-order valence-corrected chi connectivity index (χ3v) is 8.04. The van der Waals surface area contributed by atoms with Crippen molar-refractivity contribution in [3.05, 3.63) is 48.3 Å². The molecule has 14 nitrogen and oxygen atoms in total. The zero-order chi connectivity index (χ0) is 29.5. The summed E-state index contributed by atoms with van der Waals surface area (Å²) in [6.45, 7) is 3.55. The molecule has 2 aromatic heterocycles. The van der Waals surface area contributed by atoms with E-state index in [-0.39, 0.29) is 31.1 Å². The van der Waals surface area contributed by atoms with E-state index in [4.69, 9.17) is 25.0 Å². The lowest BCUT2D eigenvalue weighted by molar-refractivity contribution is 0.102. The Morgan fingerprint density at radius 1 is 1.05 bits per heavy atom. The van der Waals surface area contributed by atoms with Crippen LogP contribution >= 0.6 is 0 Å². The number of hydrogen-bond donors (Lipinski definition) is 3. The normalized spacial score (nSPS) is 18.2. The topological polar surface area (TPSA) is 170 Å². The van der Waals surface area contributed by atoms with Gasteiger partial charge >= 0.3 is 6.09 Å². The lowest BCUT2D eigenvalue weighted by atomic mass is 10.1. The third kappa shape index (κ3) is 4.88. The van der Waals surface area contributed by atoms with Crippen molar-refractivity contribution in [3.63, 3.8) is 0 Å². The number of carbonyl (C=O) groups excluding carboxylic acids is 1. The number of nitrogens with two attached hydrogens (primary N) is 1. The number of aromatic nitrogens is 4. The van der Waals surface area contributed by atoms with Crippen molar-refractivity contribution in [1.29, 1.82) is 0 Å². The summed E-state index contributed by atoms with van der Waals surface area (Å²) < 4.78 is 18.9. The molecule has 14 heteroatoms. The Balaban J connectivity index is 1.22. The number of carbonyl (C=O) groups is 2. The van der Waals surface area contributed by atoms with Gasteiger partial charge in [0, 0.05) is 43.0 Å². The first kappa shape index (κ1) is 26.8. The summed E-state index contributed by atoms with van der Waals surface area (Å²) in [5, 5.41) is 17.9. The molecule has 0 spiro atoms. The fourth-order valence-corrected chi connectivity index (χ4v) is 5.91. The van der Waals surface area contributed by atoms with Gasteiger partial charge in [-0.2, -0.15) is 5.10 Å². The number of carboxylic acid groups (broad SMARTS) is 1. The molecule has 2 saturated heterocycles. The number of piperidine rings is 1. The molecule has 0 bridgehead atoms. The molecule has 4 N–H and O–H groups in total. The Hall–Kier alpha value is -5.11. The van der Waals surface area contributed by atoms with E-state index in [1.54, 1.807) is 22.9 Å². The molecule has 0 aliphatic carbocycles. The van der Waals surface area contributed by atoms with Crippen LogP contribution in [-0.2, 0) is 4.74 Å². The van der Waals surface area contributed by atoms with Gasteiger partial charge in [0.05, 0.1) is 30.3 Å². The van der Waals surface area contributed by atoms with Crippen molar-refractivity contribution in [3.8, 4) is 22.8 Å². The van der Waals surface area contributed by atoms with Gasteiger partial charge in [-0.05, 0) is 43.2 Å². The summed E-state index contributed by atoms with van der Waals surface area (Å²) in [7, 11) is 0. The van der Waals surface area contributed by atoms with Crippen LogP contribution in [0.1, 0.15) is 29.2 Å². The van der Waals surface area contributed by atoms with Gasteiger partial charge in [-0.3, -0.25) is 4.79 Å². The summed E-state index contributed by atoms with van der Waals surface area (Å²) in [5.74, 6) is 0.740. The number of fused-ring (bicyclic) bond motifs is 2. The molecule has 0 saturated carbocycles. The van der Waals surface area contributed by atoms with E-state index in [1.807, 2.05) is 18.2 Å². The van der Waals surface area contributed by atoms with Crippen LogP contribution in [-0.4, -0.2) is 87.9 Å². The molecular formula is C29H30N8O6. The van der Waals surface area contributed by atoms with Crippen molar-refractivity contribution in [2.75, 3.05) is 62.1 Å². The first-order chi connectivity index (χ1) is 21.0. The Kier molecular flexibility index (Phi) is 6.81. The second-order valence-electron chi connectivity index (χ2n) is 10.6. The van der Waals surface area contributed by atoms with Crippen LogP contribution in [0, 0.1) is 0 Å². The van der Waals surface area contributed by atoms with Crippen LogP contribution in [0.25, 0.3) is 22.3 Å². The number of morpholine rings is 1. The van der Waals surface area contributed by atoms with E-state index in [0.717, 1.165) is 25.2 Å². The number of nitrogens with zero attached hydrogens (tertiary/aromatic N) is 6. The van der Waals surface area contributed by atoms with Gasteiger partial charge in [0.2, 0.25) is 6.79 Å². The van der Waals surface area contributed by atoms with E-state index >= 15 is 0 Å².